The van der Waals surface area contributed by atoms with Gasteiger partial charge in [-0.05, 0) is 18.6 Å². The summed E-state index contributed by atoms with van der Waals surface area (Å²) in [7, 11) is -4.64. The van der Waals surface area contributed by atoms with E-state index >= 15 is 0 Å². The Morgan fingerprint density at radius 2 is 1.35 bits per heavy atom. The van der Waals surface area contributed by atoms with Gasteiger partial charge in [0.15, 0.2) is 0 Å². The molecule has 0 aliphatic heterocycles. The van der Waals surface area contributed by atoms with Crippen LogP contribution in [-0.2, 0) is 4.57 Å². The summed E-state index contributed by atoms with van der Waals surface area (Å²) in [5.74, 6) is 0.994. The maximum absolute atomic E-state index is 8.88. The van der Waals surface area contributed by atoms with Crippen LogP contribution in [0.25, 0.3) is 0 Å². The SMILES string of the molecule is C=C.CCCCCCCCCOc1ccccc1.O=P(O)(O)O. The van der Waals surface area contributed by atoms with E-state index in [0.29, 0.717) is 0 Å². The Hall–Kier alpha value is -1.13. The van der Waals surface area contributed by atoms with Crippen LogP contribution in [0.5, 0.6) is 5.75 Å². The monoisotopic (exact) mass is 346 g/mol. The van der Waals surface area contributed by atoms with Crippen molar-refractivity contribution in [1.29, 1.82) is 0 Å². The number of rotatable bonds is 9. The fraction of sp³-hybridized carbons (Fsp3) is 0.529. The molecule has 0 aromatic heterocycles. The molecule has 0 unspecified atom stereocenters. The minimum Gasteiger partial charge on any atom is -0.494 e. The molecule has 0 atom stereocenters. The number of benzene rings is 1. The molecule has 23 heavy (non-hydrogen) atoms. The molecule has 0 amide bonds. The zero-order valence-corrected chi connectivity index (χ0v) is 15.0. The van der Waals surface area contributed by atoms with E-state index in [-0.39, 0.29) is 0 Å². The molecule has 0 fully saturated rings. The lowest BCUT2D eigenvalue weighted by molar-refractivity contribution is 0.275. The lowest BCUT2D eigenvalue weighted by atomic mass is 10.1. The van der Waals surface area contributed by atoms with Crippen molar-refractivity contribution in [3.05, 3.63) is 43.5 Å². The molecule has 0 aliphatic rings. The Bertz CT molecular complexity index is 383. The molecular weight excluding hydrogens is 315 g/mol. The van der Waals surface area contributed by atoms with Crippen molar-refractivity contribution >= 4 is 7.82 Å². The van der Waals surface area contributed by atoms with Gasteiger partial charge in [-0.25, -0.2) is 4.57 Å². The van der Waals surface area contributed by atoms with Gasteiger partial charge in [-0.1, -0.05) is 63.6 Å². The normalized spacial score (nSPS) is 9.91. The minimum absolute atomic E-state index is 0.859. The van der Waals surface area contributed by atoms with Crippen LogP contribution in [0.4, 0.5) is 0 Å². The zero-order chi connectivity index (χ0) is 18.0. The molecule has 0 heterocycles. The summed E-state index contributed by atoms with van der Waals surface area (Å²) in [6.45, 7) is 9.12. The maximum atomic E-state index is 8.88. The standard InChI is InChI=1S/C15H24O.C2H4.H3O4P/c1-2-3-4-5-6-7-11-14-16-15-12-9-8-10-13-15;1-2;1-5(2,3)4/h8-10,12-13H,2-7,11,14H2,1H3;1-2H2;(H3,1,2,3,4). The minimum atomic E-state index is -4.64. The summed E-state index contributed by atoms with van der Waals surface area (Å²) in [5.41, 5.74) is 0. The first kappa shape index (κ1) is 24.1. The molecule has 0 saturated heterocycles. The molecule has 0 bridgehead atoms. The summed E-state index contributed by atoms with van der Waals surface area (Å²) in [5, 5.41) is 0. The number of para-hydroxylation sites is 1. The first-order valence-corrected chi connectivity index (χ1v) is 9.46. The van der Waals surface area contributed by atoms with E-state index in [1.54, 1.807) is 0 Å². The van der Waals surface area contributed by atoms with Gasteiger partial charge in [0.1, 0.15) is 5.75 Å². The van der Waals surface area contributed by atoms with Crippen LogP contribution in [0.1, 0.15) is 51.9 Å². The van der Waals surface area contributed by atoms with Crippen LogP contribution in [0.3, 0.4) is 0 Å². The van der Waals surface area contributed by atoms with Gasteiger partial charge < -0.3 is 19.4 Å². The number of unbranched alkanes of at least 4 members (excludes halogenated alkanes) is 6. The molecule has 6 heteroatoms. The molecule has 1 rings (SSSR count). The molecule has 0 spiro atoms. The Morgan fingerprint density at radius 1 is 0.913 bits per heavy atom. The Kier molecular flexibility index (Phi) is 18.1. The van der Waals surface area contributed by atoms with Crippen molar-refractivity contribution in [2.75, 3.05) is 6.61 Å². The fourth-order valence-electron chi connectivity index (χ4n) is 1.77. The first-order valence-electron chi connectivity index (χ1n) is 7.89. The Labute approximate surface area is 140 Å². The molecular formula is C17H31O5P. The zero-order valence-electron chi connectivity index (χ0n) is 14.1. The highest BCUT2D eigenvalue weighted by Gasteiger charge is 2.00. The second-order valence-electron chi connectivity index (χ2n) is 4.80. The molecule has 134 valence electrons. The van der Waals surface area contributed by atoms with E-state index in [9.17, 15) is 0 Å². The van der Waals surface area contributed by atoms with Crippen LogP contribution < -0.4 is 4.74 Å². The van der Waals surface area contributed by atoms with E-state index in [1.165, 1.54) is 44.9 Å². The van der Waals surface area contributed by atoms with Gasteiger partial charge in [0, 0.05) is 0 Å². The molecule has 0 radical (unpaired) electrons. The highest BCUT2D eigenvalue weighted by atomic mass is 31.2. The fourth-order valence-corrected chi connectivity index (χ4v) is 1.77. The summed E-state index contributed by atoms with van der Waals surface area (Å²) >= 11 is 0. The van der Waals surface area contributed by atoms with E-state index < -0.39 is 7.82 Å². The van der Waals surface area contributed by atoms with E-state index in [0.717, 1.165) is 12.4 Å². The second-order valence-corrected chi connectivity index (χ2v) is 5.82. The first-order chi connectivity index (χ1) is 10.9. The maximum Gasteiger partial charge on any atom is 0.466 e. The Balaban J connectivity index is 0. The number of phosphoric acid groups is 1. The van der Waals surface area contributed by atoms with Crippen LogP contribution >= 0.6 is 7.82 Å². The summed E-state index contributed by atoms with van der Waals surface area (Å²) in [6, 6.07) is 10.1. The molecule has 0 saturated carbocycles. The molecule has 5 nitrogen and oxygen atoms in total. The quantitative estimate of drug-likeness (QED) is 0.343. The number of ether oxygens (including phenoxy) is 1. The van der Waals surface area contributed by atoms with E-state index in [4.69, 9.17) is 24.0 Å². The van der Waals surface area contributed by atoms with Crippen LogP contribution in [-0.4, -0.2) is 21.3 Å². The highest BCUT2D eigenvalue weighted by Crippen LogP contribution is 2.25. The van der Waals surface area contributed by atoms with Gasteiger partial charge >= 0.3 is 7.82 Å². The van der Waals surface area contributed by atoms with Gasteiger partial charge in [0.05, 0.1) is 6.61 Å². The van der Waals surface area contributed by atoms with E-state index in [1.807, 2.05) is 30.3 Å². The highest BCUT2D eigenvalue weighted by molar-refractivity contribution is 7.45. The lowest BCUT2D eigenvalue weighted by Gasteiger charge is -2.05. The molecule has 0 aliphatic carbocycles. The smallest absolute Gasteiger partial charge is 0.466 e. The van der Waals surface area contributed by atoms with Gasteiger partial charge in [-0.3, -0.25) is 0 Å². The summed E-state index contributed by atoms with van der Waals surface area (Å²) in [6.07, 6.45) is 9.35. The van der Waals surface area contributed by atoms with Gasteiger partial charge in [0.25, 0.3) is 0 Å². The van der Waals surface area contributed by atoms with Gasteiger partial charge in [-0.15, -0.1) is 13.2 Å². The summed E-state index contributed by atoms with van der Waals surface area (Å²) < 4.78 is 14.5. The third-order valence-corrected chi connectivity index (χ3v) is 2.76. The largest absolute Gasteiger partial charge is 0.494 e. The summed E-state index contributed by atoms with van der Waals surface area (Å²) in [4.78, 5) is 21.6. The van der Waals surface area contributed by atoms with Crippen molar-refractivity contribution in [1.82, 2.24) is 0 Å². The second kappa shape index (κ2) is 17.2. The van der Waals surface area contributed by atoms with Crippen molar-refractivity contribution in [2.24, 2.45) is 0 Å². The van der Waals surface area contributed by atoms with Crippen molar-refractivity contribution in [3.8, 4) is 5.75 Å². The van der Waals surface area contributed by atoms with Gasteiger partial charge in [0.2, 0.25) is 0 Å². The predicted octanol–water partition coefficient (Wildman–Crippen LogP) is 4.69. The van der Waals surface area contributed by atoms with Crippen LogP contribution in [0, 0.1) is 0 Å². The van der Waals surface area contributed by atoms with Crippen LogP contribution in [0.15, 0.2) is 43.5 Å². The molecule has 3 N–H and O–H groups in total. The predicted molar refractivity (Wildman–Crippen MR) is 95.4 cm³/mol. The van der Waals surface area contributed by atoms with Gasteiger partial charge in [-0.2, -0.15) is 0 Å². The third kappa shape index (κ3) is 26.1. The molecule has 1 aromatic rings. The third-order valence-electron chi connectivity index (χ3n) is 2.76. The average Bonchev–Trinajstić information content (AvgIpc) is 2.51. The average molecular weight is 346 g/mol. The number of hydrogen-bond donors (Lipinski definition) is 3. The Morgan fingerprint density at radius 3 is 1.83 bits per heavy atom. The number of hydrogen-bond acceptors (Lipinski definition) is 2. The van der Waals surface area contributed by atoms with Crippen LogP contribution in [0.2, 0.25) is 0 Å². The lowest BCUT2D eigenvalue weighted by Crippen LogP contribution is -1.96. The van der Waals surface area contributed by atoms with Crippen molar-refractivity contribution in [3.63, 3.8) is 0 Å². The van der Waals surface area contributed by atoms with Crippen molar-refractivity contribution < 1.29 is 24.0 Å². The van der Waals surface area contributed by atoms with E-state index in [2.05, 4.69) is 20.1 Å². The molecule has 1 aromatic carbocycles. The topological polar surface area (TPSA) is 87.0 Å². The van der Waals surface area contributed by atoms with Crippen molar-refractivity contribution in [2.45, 2.75) is 51.9 Å².